The van der Waals surface area contributed by atoms with E-state index in [-0.39, 0.29) is 10.0 Å². The molecule has 6 nitrogen and oxygen atoms in total. The first-order valence-corrected chi connectivity index (χ1v) is 4.26. The van der Waals surface area contributed by atoms with Crippen LogP contribution in [0, 0.1) is 0 Å². The van der Waals surface area contributed by atoms with Gasteiger partial charge in [-0.05, 0) is 0 Å². The Morgan fingerprint density at radius 1 is 1.77 bits per heavy atom. The van der Waals surface area contributed by atoms with E-state index >= 15 is 0 Å². The van der Waals surface area contributed by atoms with Crippen molar-refractivity contribution in [2.45, 2.75) is 0 Å². The predicted octanol–water partition coefficient (Wildman–Crippen LogP) is 0.0920. The van der Waals surface area contributed by atoms with Gasteiger partial charge in [0.1, 0.15) is 5.15 Å². The largest absolute Gasteiger partial charge is 0.350 e. The molecule has 1 heterocycles. The average Bonchev–Trinajstić information content (AvgIpc) is 2.29. The Bertz CT molecular complexity index is 395. The van der Waals surface area contributed by atoms with E-state index in [1.807, 2.05) is 5.43 Å². The van der Waals surface area contributed by atoms with Crippen molar-refractivity contribution in [3.05, 3.63) is 19.7 Å². The third kappa shape index (κ3) is 2.88. The SMILES string of the molecule is NC(=O)NN=Cc1sc(=O)[nH]c1Cl. The van der Waals surface area contributed by atoms with Crippen LogP contribution in [-0.4, -0.2) is 17.2 Å². The quantitative estimate of drug-likeness (QED) is 0.486. The highest BCUT2D eigenvalue weighted by Gasteiger charge is 2.01. The molecule has 0 spiro atoms. The number of aromatic nitrogens is 1. The van der Waals surface area contributed by atoms with Gasteiger partial charge in [-0.15, -0.1) is 0 Å². The predicted molar refractivity (Wildman–Crippen MR) is 50.3 cm³/mol. The molecule has 0 unspecified atom stereocenters. The lowest BCUT2D eigenvalue weighted by molar-refractivity contribution is 0.249. The first-order valence-electron chi connectivity index (χ1n) is 3.06. The van der Waals surface area contributed by atoms with Gasteiger partial charge in [-0.2, -0.15) is 5.10 Å². The maximum atomic E-state index is 10.7. The van der Waals surface area contributed by atoms with Crippen molar-refractivity contribution in [1.29, 1.82) is 0 Å². The fraction of sp³-hybridized carbons (Fsp3) is 0. The minimum atomic E-state index is -0.782. The summed E-state index contributed by atoms with van der Waals surface area (Å²) in [7, 11) is 0. The van der Waals surface area contributed by atoms with Crippen molar-refractivity contribution in [3.63, 3.8) is 0 Å². The van der Waals surface area contributed by atoms with E-state index in [4.69, 9.17) is 17.3 Å². The molecule has 4 N–H and O–H groups in total. The Kier molecular flexibility index (Phi) is 3.04. The van der Waals surface area contributed by atoms with Gasteiger partial charge in [0.05, 0.1) is 11.1 Å². The summed E-state index contributed by atoms with van der Waals surface area (Å²) in [5, 5.41) is 3.62. The highest BCUT2D eigenvalue weighted by atomic mass is 35.5. The molecule has 0 aliphatic heterocycles. The fourth-order valence-electron chi connectivity index (χ4n) is 0.559. The van der Waals surface area contributed by atoms with Gasteiger partial charge in [-0.1, -0.05) is 22.9 Å². The summed E-state index contributed by atoms with van der Waals surface area (Å²) in [6.45, 7) is 0. The number of hydrogen-bond donors (Lipinski definition) is 3. The van der Waals surface area contributed by atoms with E-state index in [1.165, 1.54) is 6.21 Å². The van der Waals surface area contributed by atoms with E-state index in [1.54, 1.807) is 0 Å². The molecule has 0 bridgehead atoms. The molecule has 0 fully saturated rings. The number of amides is 2. The number of urea groups is 1. The number of aromatic amines is 1. The highest BCUT2D eigenvalue weighted by molar-refractivity contribution is 7.11. The lowest BCUT2D eigenvalue weighted by Gasteiger charge is -1.88. The topological polar surface area (TPSA) is 100 Å². The number of hydrazone groups is 1. The molecule has 0 radical (unpaired) electrons. The summed E-state index contributed by atoms with van der Waals surface area (Å²) in [6.07, 6.45) is 1.23. The van der Waals surface area contributed by atoms with E-state index in [9.17, 15) is 9.59 Å². The smallest absolute Gasteiger partial charge is 0.332 e. The lowest BCUT2D eigenvalue weighted by Crippen LogP contribution is -2.24. The summed E-state index contributed by atoms with van der Waals surface area (Å²) >= 11 is 6.46. The molecule has 1 aromatic heterocycles. The monoisotopic (exact) mass is 220 g/mol. The molecule has 8 heteroatoms. The van der Waals surface area contributed by atoms with E-state index in [0.29, 0.717) is 4.88 Å². The first kappa shape index (κ1) is 9.75. The molecule has 0 aliphatic carbocycles. The Balaban J connectivity index is 2.74. The van der Waals surface area contributed by atoms with Crippen LogP contribution in [0.4, 0.5) is 4.79 Å². The molecule has 1 aromatic rings. The van der Waals surface area contributed by atoms with E-state index in [2.05, 4.69) is 10.1 Å². The molecule has 70 valence electrons. The standard InChI is InChI=1S/C5H5ClN4O2S/c6-3-2(13-5(12)9-3)1-8-10-4(7)11/h1H,(H,9,12)(H3,7,10,11). The van der Waals surface area contributed by atoms with Crippen LogP contribution in [0.1, 0.15) is 4.88 Å². The van der Waals surface area contributed by atoms with Gasteiger partial charge in [-0.3, -0.25) is 4.79 Å². The number of thiazole rings is 1. The van der Waals surface area contributed by atoms with Gasteiger partial charge in [0, 0.05) is 0 Å². The van der Waals surface area contributed by atoms with Crippen molar-refractivity contribution < 1.29 is 4.79 Å². The zero-order valence-corrected chi connectivity index (χ0v) is 7.78. The number of nitrogens with zero attached hydrogens (tertiary/aromatic N) is 1. The molecular weight excluding hydrogens is 216 g/mol. The van der Waals surface area contributed by atoms with Crippen molar-refractivity contribution in [3.8, 4) is 0 Å². The van der Waals surface area contributed by atoms with Crippen LogP contribution in [0.3, 0.4) is 0 Å². The Labute approximate surface area is 81.4 Å². The number of nitrogens with one attached hydrogen (secondary N) is 2. The minimum absolute atomic E-state index is 0.185. The fourth-order valence-corrected chi connectivity index (χ4v) is 1.46. The number of halogens is 1. The number of H-pyrrole nitrogens is 1. The molecule has 0 atom stereocenters. The second-order valence-electron chi connectivity index (χ2n) is 1.93. The van der Waals surface area contributed by atoms with Gasteiger partial charge >= 0.3 is 10.9 Å². The average molecular weight is 221 g/mol. The maximum Gasteiger partial charge on any atom is 0.332 e. The number of primary amides is 1. The van der Waals surface area contributed by atoms with Crippen molar-refractivity contribution in [2.24, 2.45) is 10.8 Å². The molecule has 0 aliphatic rings. The Morgan fingerprint density at radius 2 is 2.46 bits per heavy atom. The number of carbonyl (C=O) groups excluding carboxylic acids is 1. The van der Waals surface area contributed by atoms with Gasteiger partial charge in [-0.25, -0.2) is 10.2 Å². The van der Waals surface area contributed by atoms with Crippen LogP contribution < -0.4 is 16.0 Å². The van der Waals surface area contributed by atoms with Crippen LogP contribution in [0.15, 0.2) is 9.90 Å². The maximum absolute atomic E-state index is 10.7. The molecular formula is C5H5ClN4O2S. The molecule has 0 aromatic carbocycles. The summed E-state index contributed by atoms with van der Waals surface area (Å²) in [6, 6.07) is -0.782. The number of nitrogens with two attached hydrogens (primary N) is 1. The van der Waals surface area contributed by atoms with Gasteiger partial charge in [0.15, 0.2) is 0 Å². The highest BCUT2D eigenvalue weighted by Crippen LogP contribution is 2.11. The molecule has 13 heavy (non-hydrogen) atoms. The van der Waals surface area contributed by atoms with Gasteiger partial charge in [0.2, 0.25) is 0 Å². The third-order valence-corrected chi connectivity index (χ3v) is 2.21. The zero-order chi connectivity index (χ0) is 9.84. The summed E-state index contributed by atoms with van der Waals surface area (Å²) in [5.41, 5.74) is 6.71. The Hall–Kier alpha value is -1.34. The van der Waals surface area contributed by atoms with E-state index in [0.717, 1.165) is 11.3 Å². The van der Waals surface area contributed by atoms with Crippen LogP contribution in [0.25, 0.3) is 0 Å². The number of hydrogen-bond acceptors (Lipinski definition) is 4. The summed E-state index contributed by atoms with van der Waals surface area (Å²) in [5.74, 6) is 0. The molecule has 0 saturated carbocycles. The number of rotatable bonds is 2. The molecule has 1 rings (SSSR count). The third-order valence-electron chi connectivity index (χ3n) is 0.987. The van der Waals surface area contributed by atoms with Crippen LogP contribution >= 0.6 is 22.9 Å². The molecule has 2 amide bonds. The minimum Gasteiger partial charge on any atom is -0.350 e. The number of carbonyl (C=O) groups is 1. The van der Waals surface area contributed by atoms with E-state index < -0.39 is 6.03 Å². The second kappa shape index (κ2) is 4.06. The first-order chi connectivity index (χ1) is 6.09. The second-order valence-corrected chi connectivity index (χ2v) is 3.32. The normalized spacial score (nSPS) is 10.5. The van der Waals surface area contributed by atoms with Crippen LogP contribution in [0.5, 0.6) is 0 Å². The van der Waals surface area contributed by atoms with Crippen molar-refractivity contribution >= 4 is 35.2 Å². The molecule has 0 saturated heterocycles. The van der Waals surface area contributed by atoms with Crippen LogP contribution in [-0.2, 0) is 0 Å². The van der Waals surface area contributed by atoms with Crippen LogP contribution in [0.2, 0.25) is 5.15 Å². The van der Waals surface area contributed by atoms with Crippen molar-refractivity contribution in [1.82, 2.24) is 10.4 Å². The summed E-state index contributed by atoms with van der Waals surface area (Å²) < 4.78 is 0. The van der Waals surface area contributed by atoms with Gasteiger partial charge < -0.3 is 10.7 Å². The summed E-state index contributed by atoms with van der Waals surface area (Å²) in [4.78, 5) is 23.4. The zero-order valence-electron chi connectivity index (χ0n) is 6.20. The lowest BCUT2D eigenvalue weighted by atomic mass is 10.6. The van der Waals surface area contributed by atoms with Crippen molar-refractivity contribution in [2.75, 3.05) is 0 Å². The Morgan fingerprint density at radius 3 is 2.92 bits per heavy atom. The van der Waals surface area contributed by atoms with Gasteiger partial charge in [0.25, 0.3) is 0 Å².